The van der Waals surface area contributed by atoms with E-state index >= 15 is 0 Å². The molecule has 0 fully saturated rings. The summed E-state index contributed by atoms with van der Waals surface area (Å²) in [5, 5.41) is 0. The number of methoxy groups -OCH3 is 1. The van der Waals surface area contributed by atoms with Crippen LogP contribution in [0.4, 0.5) is 0 Å². The highest BCUT2D eigenvalue weighted by molar-refractivity contribution is 5.27. The first-order valence-electron chi connectivity index (χ1n) is 7.60. The van der Waals surface area contributed by atoms with Crippen LogP contribution in [0.2, 0.25) is 0 Å². The first-order valence-corrected chi connectivity index (χ1v) is 7.60. The number of rotatable bonds is 9. The van der Waals surface area contributed by atoms with E-state index in [9.17, 15) is 0 Å². The highest BCUT2D eigenvalue weighted by Gasteiger charge is 2.26. The normalized spacial score (nSPS) is 14.3. The summed E-state index contributed by atoms with van der Waals surface area (Å²) in [6.45, 7) is 6.13. The van der Waals surface area contributed by atoms with Gasteiger partial charge in [-0.15, -0.1) is 0 Å². The minimum Gasteiger partial charge on any atom is -0.497 e. The topological polar surface area (TPSA) is 38.5 Å². The Balaban J connectivity index is 2.62. The summed E-state index contributed by atoms with van der Waals surface area (Å²) in [6, 6.07) is 8.27. The molecule has 1 atom stereocenters. The molecule has 3 heteroatoms. The maximum Gasteiger partial charge on any atom is 0.118 e. The quantitative estimate of drug-likeness (QED) is 0.703. The van der Waals surface area contributed by atoms with E-state index in [2.05, 4.69) is 37.9 Å². The number of unbranched alkanes of at least 4 members (excludes halogenated alkanes) is 2. The van der Waals surface area contributed by atoms with Gasteiger partial charge in [-0.3, -0.25) is 4.90 Å². The third-order valence-corrected chi connectivity index (χ3v) is 4.26. The van der Waals surface area contributed by atoms with Crippen LogP contribution in [0.15, 0.2) is 24.3 Å². The molecule has 0 radical (unpaired) electrons. The number of benzene rings is 1. The van der Waals surface area contributed by atoms with E-state index in [1.54, 1.807) is 7.11 Å². The Kier molecular flexibility index (Phi) is 7.03. The molecular weight excluding hydrogens is 248 g/mol. The monoisotopic (exact) mass is 278 g/mol. The third-order valence-electron chi connectivity index (χ3n) is 4.26. The van der Waals surface area contributed by atoms with Crippen LogP contribution in [0.5, 0.6) is 5.75 Å². The summed E-state index contributed by atoms with van der Waals surface area (Å²) < 4.78 is 5.19. The molecule has 1 rings (SSSR count). The van der Waals surface area contributed by atoms with Crippen molar-refractivity contribution in [3.63, 3.8) is 0 Å². The van der Waals surface area contributed by atoms with E-state index in [1.807, 2.05) is 12.1 Å². The summed E-state index contributed by atoms with van der Waals surface area (Å²) >= 11 is 0. The number of nitrogens with two attached hydrogens (primary N) is 1. The summed E-state index contributed by atoms with van der Waals surface area (Å²) in [5.41, 5.74) is 7.40. The maximum atomic E-state index is 6.03. The third kappa shape index (κ3) is 4.80. The molecular formula is C17H30N2O. The molecule has 0 heterocycles. The second-order valence-corrected chi connectivity index (χ2v) is 5.86. The zero-order chi connectivity index (χ0) is 15.0. The van der Waals surface area contributed by atoms with Crippen molar-refractivity contribution >= 4 is 0 Å². The van der Waals surface area contributed by atoms with Crippen molar-refractivity contribution in [2.45, 2.75) is 51.6 Å². The molecule has 0 saturated carbocycles. The zero-order valence-electron chi connectivity index (χ0n) is 13.5. The summed E-state index contributed by atoms with van der Waals surface area (Å²) in [5.74, 6) is 0.904. The molecule has 3 nitrogen and oxygen atoms in total. The van der Waals surface area contributed by atoms with Gasteiger partial charge in [0, 0.05) is 18.6 Å². The van der Waals surface area contributed by atoms with Crippen LogP contribution >= 0.6 is 0 Å². The van der Waals surface area contributed by atoms with Gasteiger partial charge in [-0.2, -0.15) is 0 Å². The number of hydrogen-bond donors (Lipinski definition) is 1. The van der Waals surface area contributed by atoms with Gasteiger partial charge in [-0.25, -0.2) is 0 Å². The van der Waals surface area contributed by atoms with Crippen molar-refractivity contribution in [1.82, 2.24) is 4.90 Å². The Hall–Kier alpha value is -1.06. The first kappa shape index (κ1) is 17.0. The molecule has 0 spiro atoms. The lowest BCUT2D eigenvalue weighted by Gasteiger charge is -2.38. The van der Waals surface area contributed by atoms with E-state index in [4.69, 9.17) is 10.5 Å². The van der Waals surface area contributed by atoms with Gasteiger partial charge in [0.15, 0.2) is 0 Å². The predicted octanol–water partition coefficient (Wildman–Crippen LogP) is 3.42. The minimum atomic E-state index is 0.0785. The van der Waals surface area contributed by atoms with Crippen molar-refractivity contribution < 1.29 is 4.74 Å². The number of likely N-dealkylation sites (N-methyl/N-ethyl adjacent to an activating group) is 1. The zero-order valence-corrected chi connectivity index (χ0v) is 13.5. The summed E-state index contributed by atoms with van der Waals surface area (Å²) in [4.78, 5) is 2.38. The second kappa shape index (κ2) is 8.28. The van der Waals surface area contributed by atoms with Crippen LogP contribution in [-0.4, -0.2) is 31.1 Å². The first-order chi connectivity index (χ1) is 9.55. The smallest absolute Gasteiger partial charge is 0.118 e. The molecule has 20 heavy (non-hydrogen) atoms. The predicted molar refractivity (Wildman–Crippen MR) is 86.1 cm³/mol. The van der Waals surface area contributed by atoms with Crippen LogP contribution in [0.1, 0.15) is 45.1 Å². The van der Waals surface area contributed by atoms with Gasteiger partial charge in [0.25, 0.3) is 0 Å². The molecule has 0 aliphatic heterocycles. The standard InChI is InChI=1S/C17H30N2O/c1-5-6-7-12-17(2,14-18)19(3)13-15-8-10-16(20-4)11-9-15/h8-11H,5-7,12-14,18H2,1-4H3. The van der Waals surface area contributed by atoms with Crippen LogP contribution in [0, 0.1) is 0 Å². The Morgan fingerprint density at radius 3 is 2.35 bits per heavy atom. The molecule has 1 aromatic rings. The average molecular weight is 278 g/mol. The number of hydrogen-bond acceptors (Lipinski definition) is 3. The fraction of sp³-hybridized carbons (Fsp3) is 0.647. The lowest BCUT2D eigenvalue weighted by Crippen LogP contribution is -2.49. The number of ether oxygens (including phenoxy) is 1. The van der Waals surface area contributed by atoms with Gasteiger partial charge < -0.3 is 10.5 Å². The molecule has 0 bridgehead atoms. The molecule has 0 aliphatic rings. The van der Waals surface area contributed by atoms with Gasteiger partial charge in [-0.1, -0.05) is 38.3 Å². The van der Waals surface area contributed by atoms with Crippen molar-refractivity contribution in [3.8, 4) is 5.75 Å². The Labute approximate surface area is 124 Å². The van der Waals surface area contributed by atoms with Gasteiger partial charge in [-0.05, 0) is 38.1 Å². The minimum absolute atomic E-state index is 0.0785. The maximum absolute atomic E-state index is 6.03. The Bertz CT molecular complexity index is 377. The molecule has 2 N–H and O–H groups in total. The van der Waals surface area contributed by atoms with Crippen LogP contribution < -0.4 is 10.5 Å². The molecule has 1 aromatic carbocycles. The molecule has 0 aromatic heterocycles. The largest absolute Gasteiger partial charge is 0.497 e. The van der Waals surface area contributed by atoms with Crippen molar-refractivity contribution in [2.75, 3.05) is 20.7 Å². The van der Waals surface area contributed by atoms with Crippen LogP contribution in [-0.2, 0) is 6.54 Å². The molecule has 114 valence electrons. The molecule has 0 aliphatic carbocycles. The van der Waals surface area contributed by atoms with Gasteiger partial charge in [0.2, 0.25) is 0 Å². The van der Waals surface area contributed by atoms with E-state index < -0.39 is 0 Å². The summed E-state index contributed by atoms with van der Waals surface area (Å²) in [7, 11) is 3.86. The van der Waals surface area contributed by atoms with Crippen LogP contribution in [0.3, 0.4) is 0 Å². The van der Waals surface area contributed by atoms with Gasteiger partial charge in [0.05, 0.1) is 7.11 Å². The van der Waals surface area contributed by atoms with Crippen molar-refractivity contribution in [2.24, 2.45) is 5.73 Å². The highest BCUT2D eigenvalue weighted by atomic mass is 16.5. The lowest BCUT2D eigenvalue weighted by molar-refractivity contribution is 0.123. The SMILES string of the molecule is CCCCCC(C)(CN)N(C)Cc1ccc(OC)cc1. The average Bonchev–Trinajstić information content (AvgIpc) is 2.48. The van der Waals surface area contributed by atoms with Crippen molar-refractivity contribution in [3.05, 3.63) is 29.8 Å². The fourth-order valence-corrected chi connectivity index (χ4v) is 2.40. The van der Waals surface area contributed by atoms with Gasteiger partial charge in [0.1, 0.15) is 5.75 Å². The van der Waals surface area contributed by atoms with E-state index in [1.165, 1.54) is 24.8 Å². The fourth-order valence-electron chi connectivity index (χ4n) is 2.40. The Morgan fingerprint density at radius 2 is 1.85 bits per heavy atom. The van der Waals surface area contributed by atoms with E-state index in [-0.39, 0.29) is 5.54 Å². The molecule has 0 amide bonds. The van der Waals surface area contributed by atoms with E-state index in [0.717, 1.165) is 18.7 Å². The number of nitrogens with zero attached hydrogens (tertiary/aromatic N) is 1. The van der Waals surface area contributed by atoms with Crippen molar-refractivity contribution in [1.29, 1.82) is 0 Å². The molecule has 1 unspecified atom stereocenters. The van der Waals surface area contributed by atoms with Gasteiger partial charge >= 0.3 is 0 Å². The molecule has 0 saturated heterocycles. The highest BCUT2D eigenvalue weighted by Crippen LogP contribution is 2.23. The Morgan fingerprint density at radius 1 is 1.20 bits per heavy atom. The van der Waals surface area contributed by atoms with E-state index in [0.29, 0.717) is 6.54 Å². The van der Waals surface area contributed by atoms with Crippen LogP contribution in [0.25, 0.3) is 0 Å². The summed E-state index contributed by atoms with van der Waals surface area (Å²) in [6.07, 6.45) is 4.94. The second-order valence-electron chi connectivity index (χ2n) is 5.86. The lowest BCUT2D eigenvalue weighted by atomic mass is 9.92.